The number of carbonyl (C=O) groups excluding carboxylic acids is 1. The Labute approximate surface area is 107 Å². The number of carbonyl (C=O) groups is 1. The van der Waals surface area contributed by atoms with Crippen LogP contribution in [0.5, 0.6) is 0 Å². The van der Waals surface area contributed by atoms with Crippen molar-refractivity contribution in [3.05, 3.63) is 0 Å². The SMILES string of the molecule is CCCOCC(=O)N1CCN(CC(N)=NO)CC1. The summed E-state index contributed by atoms with van der Waals surface area (Å²) in [6, 6.07) is 0. The Balaban J connectivity index is 2.24. The predicted octanol–water partition coefficient (Wildman–Crippen LogP) is -0.696. The van der Waals surface area contributed by atoms with Crippen molar-refractivity contribution in [2.75, 3.05) is 45.9 Å². The second kappa shape index (κ2) is 7.88. The first kappa shape index (κ1) is 14.7. The lowest BCUT2D eigenvalue weighted by Crippen LogP contribution is -2.51. The molecule has 0 bridgehead atoms. The zero-order valence-corrected chi connectivity index (χ0v) is 10.8. The number of hydrogen-bond donors (Lipinski definition) is 2. The monoisotopic (exact) mass is 258 g/mol. The minimum atomic E-state index is 0.0342. The molecule has 1 saturated heterocycles. The van der Waals surface area contributed by atoms with E-state index in [0.717, 1.165) is 19.5 Å². The number of piperazine rings is 1. The van der Waals surface area contributed by atoms with Crippen molar-refractivity contribution < 1.29 is 14.7 Å². The molecule has 0 aromatic carbocycles. The van der Waals surface area contributed by atoms with Crippen LogP contribution < -0.4 is 5.73 Å². The van der Waals surface area contributed by atoms with Crippen molar-refractivity contribution in [3.63, 3.8) is 0 Å². The summed E-state index contributed by atoms with van der Waals surface area (Å²) in [5, 5.41) is 11.4. The van der Waals surface area contributed by atoms with Crippen LogP contribution in [0, 0.1) is 0 Å². The highest BCUT2D eigenvalue weighted by atomic mass is 16.5. The van der Waals surface area contributed by atoms with Crippen LogP contribution >= 0.6 is 0 Å². The maximum Gasteiger partial charge on any atom is 0.248 e. The molecule has 0 saturated carbocycles. The lowest BCUT2D eigenvalue weighted by Gasteiger charge is -2.34. The standard InChI is InChI=1S/C11H22N4O3/c1-2-7-18-9-11(16)15-5-3-14(4-6-15)8-10(12)13-17/h17H,2-9H2,1H3,(H2,12,13). The fraction of sp³-hybridized carbons (Fsp3) is 0.818. The molecule has 7 nitrogen and oxygen atoms in total. The highest BCUT2D eigenvalue weighted by molar-refractivity contribution is 5.81. The van der Waals surface area contributed by atoms with Gasteiger partial charge in [0.25, 0.3) is 0 Å². The second-order valence-corrected chi connectivity index (χ2v) is 4.30. The molecule has 0 aromatic rings. The molecule has 1 aliphatic rings. The van der Waals surface area contributed by atoms with Crippen LogP contribution in [0.1, 0.15) is 13.3 Å². The Hall–Kier alpha value is -1.34. The van der Waals surface area contributed by atoms with E-state index < -0.39 is 0 Å². The average Bonchev–Trinajstić information content (AvgIpc) is 2.39. The summed E-state index contributed by atoms with van der Waals surface area (Å²) in [5.74, 6) is 0.230. The summed E-state index contributed by atoms with van der Waals surface area (Å²) in [6.07, 6.45) is 0.917. The first-order chi connectivity index (χ1) is 8.67. The zero-order chi connectivity index (χ0) is 13.4. The van der Waals surface area contributed by atoms with Gasteiger partial charge in [0.2, 0.25) is 5.91 Å². The maximum absolute atomic E-state index is 11.8. The number of hydrogen-bond acceptors (Lipinski definition) is 5. The van der Waals surface area contributed by atoms with E-state index >= 15 is 0 Å². The number of amides is 1. The summed E-state index contributed by atoms with van der Waals surface area (Å²) >= 11 is 0. The largest absolute Gasteiger partial charge is 0.409 e. The second-order valence-electron chi connectivity index (χ2n) is 4.30. The number of ether oxygens (including phenoxy) is 1. The van der Waals surface area contributed by atoms with Gasteiger partial charge in [0.05, 0.1) is 6.54 Å². The minimum absolute atomic E-state index is 0.0342. The van der Waals surface area contributed by atoms with E-state index in [4.69, 9.17) is 15.7 Å². The number of nitrogens with two attached hydrogens (primary N) is 1. The van der Waals surface area contributed by atoms with Crippen LogP contribution in [0.4, 0.5) is 0 Å². The number of oxime groups is 1. The normalized spacial score (nSPS) is 18.1. The van der Waals surface area contributed by atoms with Gasteiger partial charge in [-0.15, -0.1) is 0 Å². The first-order valence-electron chi connectivity index (χ1n) is 6.21. The van der Waals surface area contributed by atoms with Gasteiger partial charge in [-0.25, -0.2) is 0 Å². The van der Waals surface area contributed by atoms with E-state index in [9.17, 15) is 4.79 Å². The molecule has 1 heterocycles. The highest BCUT2D eigenvalue weighted by Gasteiger charge is 2.21. The van der Waals surface area contributed by atoms with E-state index in [0.29, 0.717) is 26.2 Å². The van der Waals surface area contributed by atoms with Crippen LogP contribution in [-0.4, -0.2) is 72.7 Å². The smallest absolute Gasteiger partial charge is 0.248 e. The summed E-state index contributed by atoms with van der Waals surface area (Å²) < 4.78 is 5.23. The van der Waals surface area contributed by atoms with E-state index in [2.05, 4.69) is 5.16 Å². The number of nitrogens with zero attached hydrogens (tertiary/aromatic N) is 3. The van der Waals surface area contributed by atoms with Gasteiger partial charge in [-0.05, 0) is 6.42 Å². The number of amidine groups is 1. The molecule has 1 amide bonds. The quantitative estimate of drug-likeness (QED) is 0.216. The fourth-order valence-electron chi connectivity index (χ4n) is 1.81. The molecule has 1 rings (SSSR count). The number of rotatable bonds is 6. The van der Waals surface area contributed by atoms with Crippen molar-refractivity contribution in [1.29, 1.82) is 0 Å². The molecule has 0 spiro atoms. The summed E-state index contributed by atoms with van der Waals surface area (Å²) in [4.78, 5) is 15.6. The Morgan fingerprint density at radius 1 is 1.39 bits per heavy atom. The van der Waals surface area contributed by atoms with Crippen LogP contribution in [0.25, 0.3) is 0 Å². The molecule has 0 aromatic heterocycles. The molecule has 18 heavy (non-hydrogen) atoms. The van der Waals surface area contributed by atoms with Gasteiger partial charge in [-0.2, -0.15) is 0 Å². The lowest BCUT2D eigenvalue weighted by atomic mass is 10.3. The molecule has 104 valence electrons. The van der Waals surface area contributed by atoms with Crippen molar-refractivity contribution in [2.24, 2.45) is 10.9 Å². The van der Waals surface area contributed by atoms with Crippen molar-refractivity contribution >= 4 is 11.7 Å². The van der Waals surface area contributed by atoms with Crippen LogP contribution in [-0.2, 0) is 9.53 Å². The Bertz CT molecular complexity index is 288. The topological polar surface area (TPSA) is 91.4 Å². The van der Waals surface area contributed by atoms with Crippen LogP contribution in [0.3, 0.4) is 0 Å². The third-order valence-electron chi connectivity index (χ3n) is 2.81. The van der Waals surface area contributed by atoms with Gasteiger partial charge in [0.15, 0.2) is 5.84 Å². The van der Waals surface area contributed by atoms with Crippen molar-refractivity contribution in [2.45, 2.75) is 13.3 Å². The Morgan fingerprint density at radius 3 is 2.61 bits per heavy atom. The Morgan fingerprint density at radius 2 is 2.06 bits per heavy atom. The van der Waals surface area contributed by atoms with E-state index in [-0.39, 0.29) is 18.3 Å². The molecular formula is C11H22N4O3. The van der Waals surface area contributed by atoms with E-state index in [1.807, 2.05) is 11.8 Å². The van der Waals surface area contributed by atoms with Crippen LogP contribution in [0.2, 0.25) is 0 Å². The summed E-state index contributed by atoms with van der Waals surface area (Å²) in [5.41, 5.74) is 5.44. The molecular weight excluding hydrogens is 236 g/mol. The van der Waals surface area contributed by atoms with E-state index in [1.165, 1.54) is 0 Å². The summed E-state index contributed by atoms with van der Waals surface area (Å²) in [7, 11) is 0. The average molecular weight is 258 g/mol. The molecule has 1 fully saturated rings. The minimum Gasteiger partial charge on any atom is -0.409 e. The predicted molar refractivity (Wildman–Crippen MR) is 67.5 cm³/mol. The lowest BCUT2D eigenvalue weighted by molar-refractivity contribution is -0.137. The van der Waals surface area contributed by atoms with Crippen LogP contribution in [0.15, 0.2) is 5.16 Å². The molecule has 0 unspecified atom stereocenters. The molecule has 1 aliphatic heterocycles. The highest BCUT2D eigenvalue weighted by Crippen LogP contribution is 2.02. The zero-order valence-electron chi connectivity index (χ0n) is 10.8. The van der Waals surface area contributed by atoms with Gasteiger partial charge in [0.1, 0.15) is 6.61 Å². The van der Waals surface area contributed by atoms with Gasteiger partial charge in [-0.1, -0.05) is 12.1 Å². The third-order valence-corrected chi connectivity index (χ3v) is 2.81. The van der Waals surface area contributed by atoms with Gasteiger partial charge in [0, 0.05) is 32.8 Å². The molecule has 0 radical (unpaired) electrons. The molecule has 0 aliphatic carbocycles. The first-order valence-corrected chi connectivity index (χ1v) is 6.21. The molecule has 7 heteroatoms. The Kier molecular flexibility index (Phi) is 6.45. The summed E-state index contributed by atoms with van der Waals surface area (Å²) in [6.45, 7) is 6.01. The van der Waals surface area contributed by atoms with Gasteiger partial charge < -0.3 is 20.6 Å². The van der Waals surface area contributed by atoms with Crippen molar-refractivity contribution in [1.82, 2.24) is 9.80 Å². The fourth-order valence-corrected chi connectivity index (χ4v) is 1.81. The van der Waals surface area contributed by atoms with Gasteiger partial charge in [-0.3, -0.25) is 9.69 Å². The molecule has 0 atom stereocenters. The molecule has 3 N–H and O–H groups in total. The van der Waals surface area contributed by atoms with Gasteiger partial charge >= 0.3 is 0 Å². The van der Waals surface area contributed by atoms with E-state index in [1.54, 1.807) is 4.90 Å². The third kappa shape index (κ3) is 4.89. The van der Waals surface area contributed by atoms with Crippen molar-refractivity contribution in [3.8, 4) is 0 Å². The maximum atomic E-state index is 11.8.